The van der Waals surface area contributed by atoms with Crippen molar-refractivity contribution >= 4 is 38.9 Å². The van der Waals surface area contributed by atoms with Crippen molar-refractivity contribution in [1.29, 1.82) is 0 Å². The molecule has 0 spiro atoms. The number of hydrogen-bond donors (Lipinski definition) is 3. The van der Waals surface area contributed by atoms with E-state index < -0.39 is 0 Å². The lowest BCUT2D eigenvalue weighted by molar-refractivity contribution is 0.415. The van der Waals surface area contributed by atoms with Crippen LogP contribution in [0.25, 0.3) is 21.8 Å². The Bertz CT molecular complexity index is 1370. The topological polar surface area (TPSA) is 62.0 Å². The minimum absolute atomic E-state index is 0.820. The molecule has 0 aliphatic carbocycles. The van der Waals surface area contributed by atoms with Crippen LogP contribution in [-0.4, -0.2) is 23.6 Å². The molecule has 2 heterocycles. The van der Waals surface area contributed by atoms with Gasteiger partial charge in [0.2, 0.25) is 0 Å². The molecule has 5 heteroatoms. The van der Waals surface area contributed by atoms with E-state index in [1.807, 2.05) is 25.1 Å². The number of fused-ring (bicyclic) bond motifs is 2. The third kappa shape index (κ3) is 4.10. The first-order valence-corrected chi connectivity index (χ1v) is 10.8. The van der Waals surface area contributed by atoms with E-state index in [0.717, 1.165) is 52.4 Å². The van der Waals surface area contributed by atoms with Gasteiger partial charge in [-0.2, -0.15) is 0 Å². The normalized spacial score (nSPS) is 11.1. The van der Waals surface area contributed by atoms with Crippen molar-refractivity contribution in [2.75, 3.05) is 24.3 Å². The SMILES string of the molecule is COc1ccc2nc(C)cc(Nc3ccc(NCCc4c[nH]c5ccccc45)cc3)c2c1. The van der Waals surface area contributed by atoms with E-state index in [9.17, 15) is 0 Å². The number of rotatable bonds is 7. The fourth-order valence-electron chi connectivity index (χ4n) is 4.07. The second-order valence-electron chi connectivity index (χ2n) is 7.93. The molecule has 0 fully saturated rings. The van der Waals surface area contributed by atoms with Crippen molar-refractivity contribution in [3.63, 3.8) is 0 Å². The summed E-state index contributed by atoms with van der Waals surface area (Å²) in [6.45, 7) is 2.89. The molecule has 5 aromatic rings. The fourth-order valence-corrected chi connectivity index (χ4v) is 4.07. The maximum absolute atomic E-state index is 5.40. The fraction of sp³-hybridized carbons (Fsp3) is 0.148. The minimum atomic E-state index is 0.820. The molecule has 3 N–H and O–H groups in total. The molecule has 0 saturated carbocycles. The van der Waals surface area contributed by atoms with Gasteiger partial charge in [-0.05, 0) is 73.5 Å². The summed E-state index contributed by atoms with van der Waals surface area (Å²) in [5, 5.41) is 9.40. The minimum Gasteiger partial charge on any atom is -0.497 e. The van der Waals surface area contributed by atoms with E-state index in [4.69, 9.17) is 4.74 Å². The molecule has 0 bridgehead atoms. The lowest BCUT2D eigenvalue weighted by atomic mass is 10.1. The van der Waals surface area contributed by atoms with Crippen molar-refractivity contribution in [2.24, 2.45) is 0 Å². The zero-order valence-electron chi connectivity index (χ0n) is 18.3. The summed E-state index contributed by atoms with van der Waals surface area (Å²) < 4.78 is 5.40. The van der Waals surface area contributed by atoms with Crippen LogP contribution in [-0.2, 0) is 6.42 Å². The van der Waals surface area contributed by atoms with Gasteiger partial charge in [-0.15, -0.1) is 0 Å². The number of aromatic nitrogens is 2. The number of H-pyrrole nitrogens is 1. The molecule has 0 radical (unpaired) electrons. The van der Waals surface area contributed by atoms with Crippen LogP contribution in [0.4, 0.5) is 17.1 Å². The van der Waals surface area contributed by atoms with Crippen molar-refractivity contribution in [2.45, 2.75) is 13.3 Å². The standard InChI is InChI=1S/C27H26N4O/c1-18-15-27(24-16-22(32-2)11-12-26(24)30-18)31-21-9-7-20(8-10-21)28-14-13-19-17-29-25-6-4-3-5-23(19)25/h3-12,15-17,28-29H,13-14H2,1-2H3,(H,30,31). The molecule has 3 aromatic carbocycles. The van der Waals surface area contributed by atoms with Crippen LogP contribution in [0.15, 0.2) is 79.0 Å². The largest absolute Gasteiger partial charge is 0.497 e. The number of hydrogen-bond acceptors (Lipinski definition) is 4. The molecule has 0 aliphatic heterocycles. The molecule has 32 heavy (non-hydrogen) atoms. The first kappa shape index (κ1) is 19.9. The van der Waals surface area contributed by atoms with Crippen LogP contribution in [0, 0.1) is 6.92 Å². The highest BCUT2D eigenvalue weighted by molar-refractivity contribution is 5.94. The highest BCUT2D eigenvalue weighted by atomic mass is 16.5. The quantitative estimate of drug-likeness (QED) is 0.283. The summed E-state index contributed by atoms with van der Waals surface area (Å²) in [5.74, 6) is 0.820. The number of ether oxygens (including phenoxy) is 1. The number of anilines is 3. The molecule has 0 atom stereocenters. The summed E-state index contributed by atoms with van der Waals surface area (Å²) in [6, 6.07) is 24.8. The number of nitrogens with zero attached hydrogens (tertiary/aromatic N) is 1. The van der Waals surface area contributed by atoms with Crippen LogP contribution in [0.5, 0.6) is 5.75 Å². The number of para-hydroxylation sites is 1. The van der Waals surface area contributed by atoms with E-state index in [0.29, 0.717) is 0 Å². The molecule has 0 aliphatic rings. The maximum atomic E-state index is 5.40. The van der Waals surface area contributed by atoms with Gasteiger partial charge < -0.3 is 20.4 Å². The zero-order chi connectivity index (χ0) is 21.9. The Morgan fingerprint density at radius 3 is 2.56 bits per heavy atom. The lowest BCUT2D eigenvalue weighted by Gasteiger charge is -2.13. The molecule has 0 unspecified atom stereocenters. The van der Waals surface area contributed by atoms with Crippen molar-refractivity contribution in [1.82, 2.24) is 9.97 Å². The summed E-state index contributed by atoms with van der Waals surface area (Å²) in [5.41, 5.74) is 7.60. The van der Waals surface area contributed by atoms with E-state index in [-0.39, 0.29) is 0 Å². The Labute approximate surface area is 187 Å². The average Bonchev–Trinajstić information content (AvgIpc) is 3.23. The highest BCUT2D eigenvalue weighted by Gasteiger charge is 2.07. The van der Waals surface area contributed by atoms with Gasteiger partial charge in [0, 0.05) is 51.8 Å². The average molecular weight is 423 g/mol. The number of pyridine rings is 1. The van der Waals surface area contributed by atoms with Gasteiger partial charge in [0.1, 0.15) is 5.75 Å². The Balaban J connectivity index is 1.27. The third-order valence-corrected chi connectivity index (χ3v) is 5.71. The van der Waals surface area contributed by atoms with Gasteiger partial charge in [0.15, 0.2) is 0 Å². The van der Waals surface area contributed by atoms with Crippen molar-refractivity contribution in [3.8, 4) is 5.75 Å². The van der Waals surface area contributed by atoms with Crippen LogP contribution in [0.3, 0.4) is 0 Å². The van der Waals surface area contributed by atoms with Crippen LogP contribution in [0.2, 0.25) is 0 Å². The Morgan fingerprint density at radius 1 is 0.906 bits per heavy atom. The number of aromatic amines is 1. The van der Waals surface area contributed by atoms with Crippen molar-refractivity contribution < 1.29 is 4.74 Å². The van der Waals surface area contributed by atoms with Gasteiger partial charge in [0.05, 0.1) is 12.6 Å². The Hall–Kier alpha value is -3.99. The number of methoxy groups -OCH3 is 1. The second-order valence-corrected chi connectivity index (χ2v) is 7.93. The molecule has 5 nitrogen and oxygen atoms in total. The van der Waals surface area contributed by atoms with Crippen molar-refractivity contribution in [3.05, 3.63) is 90.3 Å². The van der Waals surface area contributed by atoms with Crippen LogP contribution in [0.1, 0.15) is 11.3 Å². The van der Waals surface area contributed by atoms with E-state index in [1.54, 1.807) is 7.11 Å². The van der Waals surface area contributed by atoms with Crippen LogP contribution < -0.4 is 15.4 Å². The highest BCUT2D eigenvalue weighted by Crippen LogP contribution is 2.30. The molecule has 0 amide bonds. The Kier molecular flexibility index (Phi) is 5.38. The number of nitrogens with one attached hydrogen (secondary N) is 3. The predicted octanol–water partition coefficient (Wildman–Crippen LogP) is 6.43. The van der Waals surface area contributed by atoms with Crippen LogP contribution >= 0.6 is 0 Å². The predicted molar refractivity (Wildman–Crippen MR) is 133 cm³/mol. The third-order valence-electron chi connectivity index (χ3n) is 5.71. The van der Waals surface area contributed by atoms with Gasteiger partial charge >= 0.3 is 0 Å². The molecular formula is C27H26N4O. The van der Waals surface area contributed by atoms with E-state index in [1.165, 1.54) is 16.5 Å². The van der Waals surface area contributed by atoms with Gasteiger partial charge in [-0.3, -0.25) is 4.98 Å². The summed E-state index contributed by atoms with van der Waals surface area (Å²) in [4.78, 5) is 7.98. The lowest BCUT2D eigenvalue weighted by Crippen LogP contribution is -2.04. The monoisotopic (exact) mass is 422 g/mol. The smallest absolute Gasteiger partial charge is 0.119 e. The van der Waals surface area contributed by atoms with E-state index >= 15 is 0 Å². The number of aryl methyl sites for hydroxylation is 1. The molecular weight excluding hydrogens is 396 g/mol. The summed E-state index contributed by atoms with van der Waals surface area (Å²) >= 11 is 0. The molecule has 160 valence electrons. The summed E-state index contributed by atoms with van der Waals surface area (Å²) in [7, 11) is 1.68. The summed E-state index contributed by atoms with van der Waals surface area (Å²) in [6.07, 6.45) is 3.07. The van der Waals surface area contributed by atoms with Gasteiger partial charge in [-0.25, -0.2) is 0 Å². The van der Waals surface area contributed by atoms with Gasteiger partial charge in [-0.1, -0.05) is 18.2 Å². The maximum Gasteiger partial charge on any atom is 0.119 e. The first-order chi connectivity index (χ1) is 15.7. The van der Waals surface area contributed by atoms with Gasteiger partial charge in [0.25, 0.3) is 0 Å². The molecule has 0 saturated heterocycles. The number of benzene rings is 3. The Morgan fingerprint density at radius 2 is 1.72 bits per heavy atom. The zero-order valence-corrected chi connectivity index (χ0v) is 18.3. The molecule has 2 aromatic heterocycles. The second kappa shape index (κ2) is 8.63. The first-order valence-electron chi connectivity index (χ1n) is 10.8. The van der Waals surface area contributed by atoms with E-state index in [2.05, 4.69) is 81.4 Å². The molecule has 5 rings (SSSR count).